The number of nitrogens with zero attached hydrogens (tertiary/aromatic N) is 3. The van der Waals surface area contributed by atoms with Gasteiger partial charge in [-0.05, 0) is 64.9 Å². The number of aromatic nitrogens is 2. The summed E-state index contributed by atoms with van der Waals surface area (Å²) in [5, 5.41) is 22.6. The number of aliphatic hydroxyl groups excluding tert-OH is 1. The van der Waals surface area contributed by atoms with Crippen molar-refractivity contribution in [2.75, 3.05) is 18.1 Å². The predicted octanol–water partition coefficient (Wildman–Crippen LogP) is 8.99. The fourth-order valence-electron chi connectivity index (χ4n) is 5.60. The van der Waals surface area contributed by atoms with Gasteiger partial charge in [-0.3, -0.25) is 14.5 Å². The van der Waals surface area contributed by atoms with Gasteiger partial charge < -0.3 is 14.6 Å². The van der Waals surface area contributed by atoms with Gasteiger partial charge in [0.05, 0.1) is 24.8 Å². The number of allylic oxidation sites excluding steroid dienone is 1. The van der Waals surface area contributed by atoms with Crippen molar-refractivity contribution >= 4 is 56.8 Å². The van der Waals surface area contributed by atoms with Crippen LogP contribution in [0.5, 0.6) is 11.5 Å². The lowest BCUT2D eigenvalue weighted by Crippen LogP contribution is -2.31. The Bertz CT molecular complexity index is 2020. The Hall–Kier alpha value is -4.93. The van der Waals surface area contributed by atoms with E-state index in [1.807, 2.05) is 55.5 Å². The smallest absolute Gasteiger partial charge is 0.296 e. The Morgan fingerprint density at radius 3 is 2.55 bits per heavy atom. The summed E-state index contributed by atoms with van der Waals surface area (Å²) in [7, 11) is 0. The first-order valence-electron chi connectivity index (χ1n) is 16.2. The number of ether oxygens (including phenoxy) is 2. The predicted molar refractivity (Wildman–Crippen MR) is 196 cm³/mol. The first-order chi connectivity index (χ1) is 23.8. The van der Waals surface area contributed by atoms with E-state index in [-0.39, 0.29) is 10.7 Å². The number of aliphatic hydroxyl groups is 1. The molecule has 0 bridgehead atoms. The average Bonchev–Trinajstić information content (AvgIpc) is 3.68. The fourth-order valence-corrected chi connectivity index (χ4v) is 7.47. The Labute approximate surface area is 294 Å². The molecule has 2 heterocycles. The van der Waals surface area contributed by atoms with E-state index in [9.17, 15) is 14.7 Å². The summed E-state index contributed by atoms with van der Waals surface area (Å²) in [5.41, 5.74) is 2.49. The number of ketones is 1. The van der Waals surface area contributed by atoms with E-state index in [0.29, 0.717) is 46.3 Å². The van der Waals surface area contributed by atoms with Crippen molar-refractivity contribution in [1.82, 2.24) is 10.2 Å². The Morgan fingerprint density at radius 1 is 0.980 bits per heavy atom. The molecule has 10 heteroatoms. The number of fused-ring (bicyclic) bond motifs is 1. The van der Waals surface area contributed by atoms with E-state index in [0.717, 1.165) is 22.9 Å². The molecule has 6 rings (SSSR count). The number of benzene rings is 4. The second-order valence-corrected chi connectivity index (χ2v) is 14.1. The van der Waals surface area contributed by atoms with Gasteiger partial charge in [0.1, 0.15) is 0 Å². The van der Waals surface area contributed by atoms with E-state index in [1.165, 1.54) is 39.5 Å². The normalized spacial score (nSPS) is 14.8. The molecule has 1 amide bonds. The van der Waals surface area contributed by atoms with Gasteiger partial charge in [0.25, 0.3) is 5.91 Å². The van der Waals surface area contributed by atoms with Crippen molar-refractivity contribution in [3.63, 3.8) is 0 Å². The standard InChI is InChI=1S/C39H37N3O5S2/c1-4-46-33-23-28(18-20-32(33)47-22-21-25(2)3)35-34(31(43)19-17-26-11-6-5-7-12-26)36(44)37(45)42(35)38-40-41-39(49-38)48-24-29-15-10-14-27-13-8-9-16-30(27)29/h5-20,23,25,35,44H,4,21-22,24H2,1-3H3. The highest BCUT2D eigenvalue weighted by Gasteiger charge is 2.45. The van der Waals surface area contributed by atoms with E-state index in [1.54, 1.807) is 24.3 Å². The molecule has 4 aromatic carbocycles. The lowest BCUT2D eigenvalue weighted by atomic mass is 9.95. The van der Waals surface area contributed by atoms with Gasteiger partial charge in [0.2, 0.25) is 5.13 Å². The van der Waals surface area contributed by atoms with Crippen molar-refractivity contribution in [2.24, 2.45) is 5.92 Å². The van der Waals surface area contributed by atoms with Crippen LogP contribution in [0.4, 0.5) is 5.13 Å². The summed E-state index contributed by atoms with van der Waals surface area (Å²) in [6.07, 6.45) is 3.92. The summed E-state index contributed by atoms with van der Waals surface area (Å²) in [6.45, 7) is 7.05. The van der Waals surface area contributed by atoms with Crippen LogP contribution in [0.3, 0.4) is 0 Å². The van der Waals surface area contributed by atoms with Crippen molar-refractivity contribution in [2.45, 2.75) is 43.3 Å². The third kappa shape index (κ3) is 7.71. The summed E-state index contributed by atoms with van der Waals surface area (Å²) in [6, 6.07) is 28.2. The molecule has 8 nitrogen and oxygen atoms in total. The van der Waals surface area contributed by atoms with Gasteiger partial charge >= 0.3 is 0 Å². The largest absolute Gasteiger partial charge is 0.503 e. The Morgan fingerprint density at radius 2 is 1.76 bits per heavy atom. The molecule has 250 valence electrons. The Balaban J connectivity index is 1.34. The van der Waals surface area contributed by atoms with Gasteiger partial charge in [-0.15, -0.1) is 10.2 Å². The molecule has 1 unspecified atom stereocenters. The third-order valence-electron chi connectivity index (χ3n) is 8.07. The molecule has 49 heavy (non-hydrogen) atoms. The highest BCUT2D eigenvalue weighted by molar-refractivity contribution is 8.00. The van der Waals surface area contributed by atoms with Crippen molar-refractivity contribution in [3.05, 3.63) is 125 Å². The number of carbonyl (C=O) groups excluding carboxylic acids is 2. The average molecular weight is 692 g/mol. The molecule has 1 aliphatic heterocycles. The van der Waals surface area contributed by atoms with Crippen LogP contribution in [0, 0.1) is 5.92 Å². The maximum Gasteiger partial charge on any atom is 0.296 e. The van der Waals surface area contributed by atoms with Crippen LogP contribution < -0.4 is 14.4 Å². The number of amides is 1. The van der Waals surface area contributed by atoms with Crippen molar-refractivity contribution in [3.8, 4) is 11.5 Å². The molecule has 0 radical (unpaired) electrons. The lowest BCUT2D eigenvalue weighted by molar-refractivity contribution is -0.117. The fraction of sp³-hybridized carbons (Fsp3) is 0.231. The molecular weight excluding hydrogens is 655 g/mol. The zero-order chi connectivity index (χ0) is 34.3. The first kappa shape index (κ1) is 34.0. The van der Waals surface area contributed by atoms with Crippen LogP contribution in [-0.4, -0.2) is 40.2 Å². The molecule has 0 fully saturated rings. The van der Waals surface area contributed by atoms with Gasteiger partial charge in [0.15, 0.2) is 27.4 Å². The van der Waals surface area contributed by atoms with E-state index < -0.39 is 23.5 Å². The molecule has 0 saturated heterocycles. The molecule has 1 aromatic heterocycles. The van der Waals surface area contributed by atoms with Gasteiger partial charge in [-0.25, -0.2) is 0 Å². The van der Waals surface area contributed by atoms with Crippen molar-refractivity contribution in [1.29, 1.82) is 0 Å². The zero-order valence-electron chi connectivity index (χ0n) is 27.5. The molecule has 1 atom stereocenters. The number of carbonyl (C=O) groups is 2. The maximum absolute atomic E-state index is 13.8. The van der Waals surface area contributed by atoms with Gasteiger partial charge in [-0.2, -0.15) is 0 Å². The second kappa shape index (κ2) is 15.5. The number of hydrogen-bond donors (Lipinski definition) is 1. The number of hydrogen-bond acceptors (Lipinski definition) is 9. The van der Waals surface area contributed by atoms with Gasteiger partial charge in [-0.1, -0.05) is 122 Å². The summed E-state index contributed by atoms with van der Waals surface area (Å²) < 4.78 is 12.7. The minimum absolute atomic E-state index is 0.0479. The summed E-state index contributed by atoms with van der Waals surface area (Å²) in [5.74, 6) is 0.337. The van der Waals surface area contributed by atoms with Crippen LogP contribution in [0.2, 0.25) is 0 Å². The zero-order valence-corrected chi connectivity index (χ0v) is 29.2. The van der Waals surface area contributed by atoms with E-state index in [4.69, 9.17) is 9.47 Å². The third-order valence-corrected chi connectivity index (χ3v) is 10.2. The monoisotopic (exact) mass is 691 g/mol. The topological polar surface area (TPSA) is 102 Å². The van der Waals surface area contributed by atoms with E-state index >= 15 is 0 Å². The molecular formula is C39H37N3O5S2. The molecule has 0 aliphatic carbocycles. The highest BCUT2D eigenvalue weighted by atomic mass is 32.2. The molecule has 0 saturated carbocycles. The van der Waals surface area contributed by atoms with Crippen molar-refractivity contribution < 1.29 is 24.2 Å². The molecule has 1 N–H and O–H groups in total. The SMILES string of the molecule is CCOc1cc(C2C(C(=O)C=Cc3ccccc3)=C(O)C(=O)N2c2nnc(SCc3cccc4ccccc34)s2)ccc1OCCC(C)C. The minimum atomic E-state index is -0.979. The highest BCUT2D eigenvalue weighted by Crippen LogP contribution is 2.45. The number of rotatable bonds is 14. The van der Waals surface area contributed by atoms with Crippen LogP contribution in [0.25, 0.3) is 16.8 Å². The molecule has 0 spiro atoms. The Kier molecular flexibility index (Phi) is 10.8. The maximum atomic E-state index is 13.8. The van der Waals surface area contributed by atoms with Crippen LogP contribution in [-0.2, 0) is 15.3 Å². The first-order valence-corrected chi connectivity index (χ1v) is 18.0. The van der Waals surface area contributed by atoms with Crippen LogP contribution in [0.15, 0.2) is 113 Å². The molecule has 1 aliphatic rings. The lowest BCUT2D eigenvalue weighted by Gasteiger charge is -2.24. The van der Waals surface area contributed by atoms with Crippen LogP contribution in [0.1, 0.15) is 49.9 Å². The quantitative estimate of drug-likeness (QED) is 0.0700. The molecule has 5 aromatic rings. The summed E-state index contributed by atoms with van der Waals surface area (Å²) in [4.78, 5) is 29.0. The number of anilines is 1. The second-order valence-electron chi connectivity index (χ2n) is 11.9. The number of thioether (sulfide) groups is 1. The van der Waals surface area contributed by atoms with Gasteiger partial charge in [0, 0.05) is 5.75 Å². The van der Waals surface area contributed by atoms with Crippen LogP contribution >= 0.6 is 23.1 Å². The summed E-state index contributed by atoms with van der Waals surface area (Å²) >= 11 is 2.75. The van der Waals surface area contributed by atoms with E-state index in [2.05, 4.69) is 48.3 Å². The minimum Gasteiger partial charge on any atom is -0.503 e.